The molecule has 0 atom stereocenters. The number of aliphatic hydroxyl groups is 1. The number of aromatic nitrogens is 3. The van der Waals surface area contributed by atoms with E-state index < -0.39 is 0 Å². The second-order valence-electron chi connectivity index (χ2n) is 8.74. The van der Waals surface area contributed by atoms with E-state index in [1.165, 1.54) is 20.0 Å². The number of carbonyl (C=O) groups excluding carboxylic acids is 1. The fourth-order valence-electron chi connectivity index (χ4n) is 4.32. The van der Waals surface area contributed by atoms with Crippen molar-refractivity contribution in [2.24, 2.45) is 0 Å². The summed E-state index contributed by atoms with van der Waals surface area (Å²) in [5.41, 5.74) is 2.32. The van der Waals surface area contributed by atoms with Crippen molar-refractivity contribution in [1.29, 1.82) is 0 Å². The highest BCUT2D eigenvalue weighted by atomic mass is 35.5. The SMILES string of the molecule is COc1cc(-c2nc(-c3cc(Cl)c(OCCCC(=O)NCCO)c(OC)c3)no2)cc(C2CCCC2)n1. The molecule has 1 aliphatic carbocycles. The van der Waals surface area contributed by atoms with Gasteiger partial charge in [-0.05, 0) is 37.5 Å². The molecular formula is C26H31ClN4O6. The molecule has 11 heteroatoms. The summed E-state index contributed by atoms with van der Waals surface area (Å²) >= 11 is 6.51. The maximum atomic E-state index is 11.7. The number of benzene rings is 1. The van der Waals surface area contributed by atoms with Crippen LogP contribution in [0.5, 0.6) is 17.4 Å². The molecule has 2 N–H and O–H groups in total. The predicted octanol–water partition coefficient (Wildman–Crippen LogP) is 4.39. The highest BCUT2D eigenvalue weighted by Crippen LogP contribution is 2.40. The number of rotatable bonds is 12. The monoisotopic (exact) mass is 530 g/mol. The molecule has 2 heterocycles. The van der Waals surface area contributed by atoms with Crippen molar-refractivity contribution in [3.63, 3.8) is 0 Å². The Kier molecular flexibility index (Phi) is 9.19. The summed E-state index contributed by atoms with van der Waals surface area (Å²) in [6.45, 7) is 0.401. The summed E-state index contributed by atoms with van der Waals surface area (Å²) in [6, 6.07) is 7.18. The van der Waals surface area contributed by atoms with E-state index >= 15 is 0 Å². The molecule has 37 heavy (non-hydrogen) atoms. The molecule has 0 aliphatic heterocycles. The zero-order valence-corrected chi connectivity index (χ0v) is 21.7. The van der Waals surface area contributed by atoms with E-state index in [2.05, 4.69) is 20.4 Å². The first kappa shape index (κ1) is 26.7. The highest BCUT2D eigenvalue weighted by molar-refractivity contribution is 6.32. The fourth-order valence-corrected chi connectivity index (χ4v) is 4.59. The van der Waals surface area contributed by atoms with Crippen LogP contribution in [0.3, 0.4) is 0 Å². The van der Waals surface area contributed by atoms with Crippen molar-refractivity contribution in [3.05, 3.63) is 35.0 Å². The van der Waals surface area contributed by atoms with E-state index in [0.29, 0.717) is 52.0 Å². The lowest BCUT2D eigenvalue weighted by Crippen LogP contribution is -2.26. The van der Waals surface area contributed by atoms with Crippen molar-refractivity contribution >= 4 is 17.5 Å². The van der Waals surface area contributed by atoms with Gasteiger partial charge in [0, 0.05) is 41.8 Å². The van der Waals surface area contributed by atoms with Crippen molar-refractivity contribution in [2.45, 2.75) is 44.4 Å². The number of pyridine rings is 1. The van der Waals surface area contributed by atoms with Crippen LogP contribution in [0, 0.1) is 0 Å². The zero-order chi connectivity index (χ0) is 26.2. The Morgan fingerprint density at radius 3 is 2.68 bits per heavy atom. The molecule has 2 aromatic heterocycles. The number of methoxy groups -OCH3 is 2. The van der Waals surface area contributed by atoms with E-state index in [-0.39, 0.29) is 32.1 Å². The van der Waals surface area contributed by atoms with Crippen molar-refractivity contribution in [2.75, 3.05) is 34.0 Å². The summed E-state index contributed by atoms with van der Waals surface area (Å²) < 4.78 is 22.3. The van der Waals surface area contributed by atoms with Crippen LogP contribution in [0.1, 0.15) is 50.1 Å². The Morgan fingerprint density at radius 2 is 1.95 bits per heavy atom. The predicted molar refractivity (Wildman–Crippen MR) is 137 cm³/mol. The number of hydrogen-bond acceptors (Lipinski definition) is 9. The molecule has 0 unspecified atom stereocenters. The number of aliphatic hydroxyl groups excluding tert-OH is 1. The summed E-state index contributed by atoms with van der Waals surface area (Å²) in [4.78, 5) is 20.9. The molecule has 4 rings (SSSR count). The van der Waals surface area contributed by atoms with Gasteiger partial charge in [0.2, 0.25) is 17.6 Å². The third kappa shape index (κ3) is 6.69. The number of amides is 1. The first-order valence-electron chi connectivity index (χ1n) is 12.3. The van der Waals surface area contributed by atoms with E-state index in [1.807, 2.05) is 6.07 Å². The molecule has 10 nitrogen and oxygen atoms in total. The van der Waals surface area contributed by atoms with Gasteiger partial charge in [-0.2, -0.15) is 4.98 Å². The van der Waals surface area contributed by atoms with Crippen LogP contribution >= 0.6 is 11.6 Å². The molecule has 3 aromatic rings. The van der Waals surface area contributed by atoms with Crippen molar-refractivity contribution in [1.82, 2.24) is 20.4 Å². The van der Waals surface area contributed by atoms with Crippen LogP contribution in [0.2, 0.25) is 5.02 Å². The Bertz CT molecular complexity index is 1210. The summed E-state index contributed by atoms with van der Waals surface area (Å²) in [7, 11) is 3.11. The van der Waals surface area contributed by atoms with Gasteiger partial charge in [0.15, 0.2) is 11.5 Å². The number of carbonyl (C=O) groups is 1. The zero-order valence-electron chi connectivity index (χ0n) is 21.0. The van der Waals surface area contributed by atoms with Gasteiger partial charge < -0.3 is 29.2 Å². The van der Waals surface area contributed by atoms with Crippen LogP contribution in [0.4, 0.5) is 0 Å². The van der Waals surface area contributed by atoms with Gasteiger partial charge >= 0.3 is 0 Å². The van der Waals surface area contributed by atoms with Crippen LogP contribution in [-0.2, 0) is 4.79 Å². The summed E-state index contributed by atoms with van der Waals surface area (Å²) in [5.74, 6) is 2.24. The lowest BCUT2D eigenvalue weighted by atomic mass is 10.0. The Balaban J connectivity index is 1.49. The average molecular weight is 531 g/mol. The van der Waals surface area contributed by atoms with Gasteiger partial charge in [0.1, 0.15) is 0 Å². The van der Waals surface area contributed by atoms with Gasteiger partial charge in [-0.1, -0.05) is 29.6 Å². The third-order valence-electron chi connectivity index (χ3n) is 6.19. The van der Waals surface area contributed by atoms with Crippen LogP contribution in [0.15, 0.2) is 28.8 Å². The summed E-state index contributed by atoms with van der Waals surface area (Å²) in [6.07, 6.45) is 5.37. The molecule has 0 spiro atoms. The van der Waals surface area contributed by atoms with Gasteiger partial charge in [0.05, 0.1) is 32.5 Å². The molecular weight excluding hydrogens is 500 g/mol. The fraction of sp³-hybridized carbons (Fsp3) is 0.462. The Hall–Kier alpha value is -3.37. The maximum absolute atomic E-state index is 11.7. The number of halogens is 1. The van der Waals surface area contributed by atoms with Crippen LogP contribution < -0.4 is 19.5 Å². The molecule has 0 radical (unpaired) electrons. The third-order valence-corrected chi connectivity index (χ3v) is 6.47. The molecule has 1 saturated carbocycles. The molecule has 0 bridgehead atoms. The average Bonchev–Trinajstić information content (AvgIpc) is 3.63. The van der Waals surface area contributed by atoms with E-state index in [0.717, 1.165) is 24.1 Å². The van der Waals surface area contributed by atoms with Gasteiger partial charge in [0.25, 0.3) is 5.89 Å². The molecule has 1 fully saturated rings. The minimum Gasteiger partial charge on any atom is -0.493 e. The van der Waals surface area contributed by atoms with Crippen LogP contribution in [-0.4, -0.2) is 60.1 Å². The molecule has 1 amide bonds. The van der Waals surface area contributed by atoms with E-state index in [9.17, 15) is 4.79 Å². The van der Waals surface area contributed by atoms with Crippen LogP contribution in [0.25, 0.3) is 22.8 Å². The molecule has 1 aromatic carbocycles. The number of nitrogens with zero attached hydrogens (tertiary/aromatic N) is 3. The largest absolute Gasteiger partial charge is 0.493 e. The smallest absolute Gasteiger partial charge is 0.258 e. The second kappa shape index (κ2) is 12.7. The topological polar surface area (TPSA) is 129 Å². The lowest BCUT2D eigenvalue weighted by Gasteiger charge is -2.13. The van der Waals surface area contributed by atoms with E-state index in [4.69, 9.17) is 35.4 Å². The number of nitrogens with one attached hydrogen (secondary N) is 1. The minimum atomic E-state index is -0.152. The first-order chi connectivity index (χ1) is 18.0. The first-order valence-corrected chi connectivity index (χ1v) is 12.7. The number of ether oxygens (including phenoxy) is 3. The Labute approximate surface area is 220 Å². The van der Waals surface area contributed by atoms with Gasteiger partial charge in [-0.25, -0.2) is 4.98 Å². The lowest BCUT2D eigenvalue weighted by molar-refractivity contribution is -0.121. The number of hydrogen-bond donors (Lipinski definition) is 2. The van der Waals surface area contributed by atoms with Crippen molar-refractivity contribution in [3.8, 4) is 40.2 Å². The standard InChI is InChI=1S/C26H31ClN4O6/c1-34-21-14-17(12-19(27)24(21)36-11-5-8-22(33)28-9-10-32)25-30-26(37-31-25)18-13-20(16-6-3-4-7-16)29-23(15-18)35-2/h12-16,32H,3-11H2,1-2H3,(H,28,33). The highest BCUT2D eigenvalue weighted by Gasteiger charge is 2.22. The second-order valence-corrected chi connectivity index (χ2v) is 9.15. The Morgan fingerprint density at radius 1 is 1.14 bits per heavy atom. The van der Waals surface area contributed by atoms with Gasteiger partial charge in [-0.15, -0.1) is 0 Å². The minimum absolute atomic E-state index is 0.0957. The molecule has 0 saturated heterocycles. The maximum Gasteiger partial charge on any atom is 0.258 e. The van der Waals surface area contributed by atoms with E-state index in [1.54, 1.807) is 25.3 Å². The summed E-state index contributed by atoms with van der Waals surface area (Å²) in [5, 5.41) is 15.8. The molecule has 1 aliphatic rings. The quantitative estimate of drug-likeness (QED) is 0.327. The van der Waals surface area contributed by atoms with Gasteiger partial charge in [-0.3, -0.25) is 4.79 Å². The van der Waals surface area contributed by atoms with Crippen molar-refractivity contribution < 1.29 is 28.6 Å². The normalized spacial score (nSPS) is 13.5. The molecule has 198 valence electrons.